The van der Waals surface area contributed by atoms with E-state index in [1.165, 1.54) is 83.5 Å². The first-order valence-corrected chi connectivity index (χ1v) is 18.3. The summed E-state index contributed by atoms with van der Waals surface area (Å²) in [7, 11) is 0.231. The van der Waals surface area contributed by atoms with Gasteiger partial charge in [-0.25, -0.2) is 0 Å². The molecule has 5 rings (SSSR count). The molecule has 5 aliphatic carbocycles. The monoisotopic (exact) mass is 486 g/mol. The number of hydrogen-bond acceptors (Lipinski definition) is 0. The van der Waals surface area contributed by atoms with Gasteiger partial charge in [0.1, 0.15) is 0 Å². The second-order valence-corrected chi connectivity index (χ2v) is 18.1. The van der Waals surface area contributed by atoms with Crippen LogP contribution in [0.5, 0.6) is 0 Å². The Bertz CT molecular complexity index is 618. The molecule has 0 spiro atoms. The Morgan fingerprint density at radius 3 is 1.39 bits per heavy atom. The summed E-state index contributed by atoms with van der Waals surface area (Å²) in [6, 6.07) is 0. The van der Waals surface area contributed by atoms with Crippen LogP contribution in [0.3, 0.4) is 0 Å². The quantitative estimate of drug-likeness (QED) is 0.314. The minimum atomic E-state index is 0.0737. The number of allylic oxidation sites excluding steroid dienone is 4. The van der Waals surface area contributed by atoms with Gasteiger partial charge in [0.2, 0.25) is 0 Å². The van der Waals surface area contributed by atoms with Crippen molar-refractivity contribution in [2.45, 2.75) is 170 Å². The minimum absolute atomic E-state index is 0.0737. The van der Waals surface area contributed by atoms with Gasteiger partial charge in [-0.05, 0) is 91.4 Å². The Morgan fingerprint density at radius 2 is 0.970 bits per heavy atom. The van der Waals surface area contributed by atoms with Crippen molar-refractivity contribution in [1.82, 2.24) is 0 Å². The molecule has 0 amide bonds. The highest BCUT2D eigenvalue weighted by Crippen LogP contribution is 2.67. The second kappa shape index (κ2) is 12.5. The molecule has 0 N–H and O–H groups in total. The zero-order valence-electron chi connectivity index (χ0n) is 21.8. The molecule has 5 aliphatic rings. The Hall–Kier alpha value is 0.340. The topological polar surface area (TPSA) is 0 Å². The van der Waals surface area contributed by atoms with Gasteiger partial charge in [0.05, 0.1) is 0 Å². The molecular formula is C31H52P2. The highest BCUT2D eigenvalue weighted by molar-refractivity contribution is 7.64. The fourth-order valence-electron chi connectivity index (χ4n) is 8.42. The third-order valence-electron chi connectivity index (χ3n) is 10.1. The maximum Gasteiger partial charge on any atom is -0.00103 e. The van der Waals surface area contributed by atoms with Crippen LogP contribution in [0.15, 0.2) is 23.0 Å². The second-order valence-electron chi connectivity index (χ2n) is 12.2. The van der Waals surface area contributed by atoms with Gasteiger partial charge in [-0.15, -0.1) is 0 Å². The normalized spacial score (nSPS) is 28.3. The predicted molar refractivity (Wildman–Crippen MR) is 152 cm³/mol. The SMILES string of the molecule is C[C@H](C1=C(P(C2CCCCC2)C2CCCCC2)C=CC1)P(C1CCCCC1)C1CCCCC1. The van der Waals surface area contributed by atoms with E-state index in [-0.39, 0.29) is 15.8 Å². The first-order chi connectivity index (χ1) is 16.3. The molecular weight excluding hydrogens is 434 g/mol. The Labute approximate surface area is 208 Å². The Balaban J connectivity index is 1.44. The average molecular weight is 487 g/mol. The molecule has 0 unspecified atom stereocenters. The van der Waals surface area contributed by atoms with E-state index in [1.807, 2.05) is 10.9 Å². The minimum Gasteiger partial charge on any atom is -0.0932 e. The van der Waals surface area contributed by atoms with Crippen molar-refractivity contribution in [3.8, 4) is 0 Å². The van der Waals surface area contributed by atoms with Crippen molar-refractivity contribution >= 4 is 15.8 Å². The van der Waals surface area contributed by atoms with Crippen molar-refractivity contribution in [3.63, 3.8) is 0 Å². The third kappa shape index (κ3) is 6.02. The van der Waals surface area contributed by atoms with Crippen LogP contribution in [0.2, 0.25) is 0 Å². The van der Waals surface area contributed by atoms with E-state index >= 15 is 0 Å². The van der Waals surface area contributed by atoms with Crippen LogP contribution in [0, 0.1) is 0 Å². The first kappa shape index (κ1) is 25.0. The number of hydrogen-bond donors (Lipinski definition) is 0. The van der Waals surface area contributed by atoms with Crippen molar-refractivity contribution in [3.05, 3.63) is 23.0 Å². The summed E-state index contributed by atoms with van der Waals surface area (Å²) in [5, 5.41) is 1.98. The summed E-state index contributed by atoms with van der Waals surface area (Å²) in [5.74, 6) is 0. The van der Waals surface area contributed by atoms with Crippen molar-refractivity contribution in [1.29, 1.82) is 0 Å². The smallest absolute Gasteiger partial charge is 0.00103 e. The molecule has 0 heterocycles. The summed E-state index contributed by atoms with van der Waals surface area (Å²) in [6.07, 6.45) is 37.5. The molecule has 0 aromatic rings. The van der Waals surface area contributed by atoms with Crippen molar-refractivity contribution in [2.75, 3.05) is 0 Å². The summed E-state index contributed by atoms with van der Waals surface area (Å²) >= 11 is 0. The van der Waals surface area contributed by atoms with Gasteiger partial charge in [-0.1, -0.05) is 118 Å². The highest BCUT2D eigenvalue weighted by Gasteiger charge is 2.40. The van der Waals surface area contributed by atoms with Gasteiger partial charge >= 0.3 is 0 Å². The molecule has 0 aliphatic heterocycles. The van der Waals surface area contributed by atoms with E-state index in [1.54, 1.807) is 51.4 Å². The molecule has 0 aromatic carbocycles. The van der Waals surface area contributed by atoms with Crippen LogP contribution in [-0.2, 0) is 0 Å². The molecule has 4 saturated carbocycles. The van der Waals surface area contributed by atoms with Crippen LogP contribution in [0.25, 0.3) is 0 Å². The van der Waals surface area contributed by atoms with Crippen molar-refractivity contribution in [2.24, 2.45) is 0 Å². The molecule has 0 nitrogen and oxygen atoms in total. The molecule has 1 atom stereocenters. The summed E-state index contributed by atoms with van der Waals surface area (Å²) < 4.78 is 0. The lowest BCUT2D eigenvalue weighted by Crippen LogP contribution is -2.27. The van der Waals surface area contributed by atoms with Crippen LogP contribution < -0.4 is 0 Å². The molecule has 33 heavy (non-hydrogen) atoms. The van der Waals surface area contributed by atoms with Crippen LogP contribution in [0.4, 0.5) is 0 Å². The predicted octanol–water partition coefficient (Wildman–Crippen LogP) is 10.9. The fraction of sp³-hybridized carbons (Fsp3) is 0.871. The molecule has 0 saturated heterocycles. The maximum absolute atomic E-state index is 2.76. The molecule has 0 aromatic heterocycles. The van der Waals surface area contributed by atoms with Crippen molar-refractivity contribution < 1.29 is 0 Å². The van der Waals surface area contributed by atoms with Gasteiger partial charge in [0.15, 0.2) is 0 Å². The van der Waals surface area contributed by atoms with Gasteiger partial charge < -0.3 is 0 Å². The van der Waals surface area contributed by atoms with E-state index in [9.17, 15) is 0 Å². The van der Waals surface area contributed by atoms with E-state index < -0.39 is 0 Å². The Kier molecular flexibility index (Phi) is 9.50. The first-order valence-electron chi connectivity index (χ1n) is 15.3. The largest absolute Gasteiger partial charge is 0.0932 e. The van der Waals surface area contributed by atoms with Gasteiger partial charge in [-0.2, -0.15) is 0 Å². The summed E-state index contributed by atoms with van der Waals surface area (Å²) in [4.78, 5) is 0. The van der Waals surface area contributed by atoms with E-state index in [0.29, 0.717) is 0 Å². The highest BCUT2D eigenvalue weighted by atomic mass is 31.1. The summed E-state index contributed by atoms with van der Waals surface area (Å²) in [5.41, 5.74) is 7.22. The molecule has 186 valence electrons. The van der Waals surface area contributed by atoms with E-state index in [0.717, 1.165) is 28.3 Å². The number of rotatable bonds is 7. The van der Waals surface area contributed by atoms with Gasteiger partial charge in [0, 0.05) is 0 Å². The van der Waals surface area contributed by atoms with Crippen LogP contribution in [-0.4, -0.2) is 28.3 Å². The third-order valence-corrected chi connectivity index (χ3v) is 17.6. The molecule has 2 heteroatoms. The van der Waals surface area contributed by atoms with Crippen LogP contribution in [0.1, 0.15) is 142 Å². The molecule has 0 bridgehead atoms. The van der Waals surface area contributed by atoms with E-state index in [4.69, 9.17) is 0 Å². The zero-order chi connectivity index (χ0) is 22.5. The lowest BCUT2D eigenvalue weighted by atomic mass is 9.99. The average Bonchev–Trinajstić information content (AvgIpc) is 3.36. The standard InChI is InChI=1S/C31H52P2/c1-25(32(26-15-6-2-7-16-26)27-17-8-3-9-18-27)30-23-14-24-31(30)33(28-19-10-4-11-20-28)29-21-12-5-13-22-29/h14,24-29H,2-13,15-23H2,1H3/t25-/m1/s1. The molecule has 4 fully saturated rings. The maximum atomic E-state index is 2.76. The van der Waals surface area contributed by atoms with E-state index in [2.05, 4.69) is 19.1 Å². The van der Waals surface area contributed by atoms with Crippen LogP contribution >= 0.6 is 15.8 Å². The molecule has 0 radical (unpaired) electrons. The van der Waals surface area contributed by atoms with Gasteiger partial charge in [-0.3, -0.25) is 0 Å². The fourth-order valence-corrected chi connectivity index (χ4v) is 17.0. The van der Waals surface area contributed by atoms with Gasteiger partial charge in [0.25, 0.3) is 0 Å². The Morgan fingerprint density at radius 1 is 0.576 bits per heavy atom. The zero-order valence-corrected chi connectivity index (χ0v) is 23.6. The lowest BCUT2D eigenvalue weighted by molar-refractivity contribution is 0.482. The lowest BCUT2D eigenvalue weighted by Gasteiger charge is -2.44. The summed E-state index contributed by atoms with van der Waals surface area (Å²) in [6.45, 7) is 2.76.